The highest BCUT2D eigenvalue weighted by Crippen LogP contribution is 2.29. The summed E-state index contributed by atoms with van der Waals surface area (Å²) in [4.78, 5) is 31.1. The molecule has 1 aliphatic carbocycles. The number of benzene rings is 1. The summed E-state index contributed by atoms with van der Waals surface area (Å²) >= 11 is 2.98. The van der Waals surface area contributed by atoms with Crippen molar-refractivity contribution in [2.45, 2.75) is 45.1 Å². The minimum Gasteiger partial charge on any atom is -0.349 e. The largest absolute Gasteiger partial charge is 0.349 e. The summed E-state index contributed by atoms with van der Waals surface area (Å²) in [5, 5.41) is 8.90. The van der Waals surface area contributed by atoms with Crippen LogP contribution >= 0.6 is 22.7 Å². The van der Waals surface area contributed by atoms with Gasteiger partial charge in [-0.3, -0.25) is 9.59 Å². The van der Waals surface area contributed by atoms with E-state index in [0.717, 1.165) is 28.3 Å². The molecule has 1 aliphatic rings. The molecule has 4 rings (SSSR count). The van der Waals surface area contributed by atoms with Crippen LogP contribution in [0.25, 0.3) is 9.88 Å². The number of aromatic nitrogens is 1. The lowest BCUT2D eigenvalue weighted by Gasteiger charge is -2.23. The normalized spacial score (nSPS) is 14.5. The Morgan fingerprint density at radius 3 is 2.66 bits per heavy atom. The van der Waals surface area contributed by atoms with E-state index in [0.29, 0.717) is 16.1 Å². The van der Waals surface area contributed by atoms with Gasteiger partial charge in [-0.2, -0.15) is 0 Å². The van der Waals surface area contributed by atoms with Gasteiger partial charge in [0, 0.05) is 17.3 Å². The monoisotopic (exact) mass is 425 g/mol. The molecule has 2 amide bonds. The topological polar surface area (TPSA) is 71.1 Å². The number of nitrogens with zero attached hydrogens (tertiary/aromatic N) is 1. The van der Waals surface area contributed by atoms with E-state index in [-0.39, 0.29) is 17.9 Å². The second kappa shape index (κ2) is 8.88. The summed E-state index contributed by atoms with van der Waals surface area (Å²) in [5.74, 6) is -0.228. The van der Waals surface area contributed by atoms with Crippen LogP contribution in [0.5, 0.6) is 0 Å². The number of carbonyl (C=O) groups excluding carboxylic acids is 2. The molecule has 2 heterocycles. The molecule has 0 aliphatic heterocycles. The molecule has 2 N–H and O–H groups in total. The number of anilines is 1. The van der Waals surface area contributed by atoms with Gasteiger partial charge in [0.15, 0.2) is 0 Å². The van der Waals surface area contributed by atoms with Crippen LogP contribution in [0.2, 0.25) is 0 Å². The molecular formula is C22H23N3O2S2. The molecular weight excluding hydrogens is 402 g/mol. The van der Waals surface area contributed by atoms with Crippen molar-refractivity contribution in [3.63, 3.8) is 0 Å². The molecule has 29 heavy (non-hydrogen) atoms. The maximum Gasteiger partial charge on any atom is 0.267 e. The third-order valence-electron chi connectivity index (χ3n) is 5.14. The van der Waals surface area contributed by atoms with Crippen molar-refractivity contribution < 1.29 is 9.59 Å². The molecule has 1 aromatic carbocycles. The Hall–Kier alpha value is -2.51. The van der Waals surface area contributed by atoms with Crippen molar-refractivity contribution in [1.82, 2.24) is 10.3 Å². The maximum absolute atomic E-state index is 12.6. The summed E-state index contributed by atoms with van der Waals surface area (Å²) in [5.41, 5.74) is 2.19. The van der Waals surface area contributed by atoms with Gasteiger partial charge >= 0.3 is 0 Å². The SMILES string of the molecule is Cc1cc(C(=O)NC2CCCCC2)ccc1NC(=O)c1cnc(-c2cccs2)s1. The molecule has 3 aromatic rings. The van der Waals surface area contributed by atoms with Crippen LogP contribution in [0.15, 0.2) is 41.9 Å². The average Bonchev–Trinajstić information content (AvgIpc) is 3.42. The third-order valence-corrected chi connectivity index (χ3v) is 7.17. The molecule has 150 valence electrons. The van der Waals surface area contributed by atoms with Gasteiger partial charge < -0.3 is 10.6 Å². The zero-order valence-electron chi connectivity index (χ0n) is 16.2. The van der Waals surface area contributed by atoms with Gasteiger partial charge in [-0.25, -0.2) is 4.98 Å². The number of nitrogens with one attached hydrogen (secondary N) is 2. The zero-order chi connectivity index (χ0) is 20.2. The van der Waals surface area contributed by atoms with Crippen LogP contribution in [-0.2, 0) is 0 Å². The van der Waals surface area contributed by atoms with Crippen molar-refractivity contribution in [2.24, 2.45) is 0 Å². The lowest BCUT2D eigenvalue weighted by molar-refractivity contribution is 0.0927. The van der Waals surface area contributed by atoms with Crippen molar-refractivity contribution >= 4 is 40.2 Å². The van der Waals surface area contributed by atoms with Crippen molar-refractivity contribution in [1.29, 1.82) is 0 Å². The molecule has 0 atom stereocenters. The number of aryl methyl sites for hydroxylation is 1. The first kappa shape index (κ1) is 19.8. The third kappa shape index (κ3) is 4.74. The molecule has 2 aromatic heterocycles. The Kier molecular flexibility index (Phi) is 6.06. The van der Waals surface area contributed by atoms with Crippen molar-refractivity contribution in [2.75, 3.05) is 5.32 Å². The van der Waals surface area contributed by atoms with E-state index in [1.54, 1.807) is 29.7 Å². The fraction of sp³-hybridized carbons (Fsp3) is 0.318. The van der Waals surface area contributed by atoms with Gasteiger partial charge in [0.1, 0.15) is 9.88 Å². The Labute approximate surface area is 178 Å². The highest BCUT2D eigenvalue weighted by molar-refractivity contribution is 7.22. The predicted octanol–water partition coefficient (Wildman–Crippen LogP) is 5.49. The molecule has 1 fully saturated rings. The highest BCUT2D eigenvalue weighted by Gasteiger charge is 2.18. The van der Waals surface area contributed by atoms with Gasteiger partial charge in [0.05, 0.1) is 11.1 Å². The minimum absolute atomic E-state index is 0.0408. The molecule has 0 unspecified atom stereocenters. The van der Waals surface area contributed by atoms with Gasteiger partial charge in [-0.15, -0.1) is 22.7 Å². The summed E-state index contributed by atoms with van der Waals surface area (Å²) in [6.07, 6.45) is 7.34. The summed E-state index contributed by atoms with van der Waals surface area (Å²) in [6.45, 7) is 1.90. The number of rotatable bonds is 5. The highest BCUT2D eigenvalue weighted by atomic mass is 32.1. The van der Waals surface area contributed by atoms with Crippen LogP contribution < -0.4 is 10.6 Å². The quantitative estimate of drug-likeness (QED) is 0.567. The van der Waals surface area contributed by atoms with Crippen molar-refractivity contribution in [3.05, 3.63) is 57.9 Å². The molecule has 1 saturated carbocycles. The second-order valence-electron chi connectivity index (χ2n) is 7.30. The van der Waals surface area contributed by atoms with Crippen LogP contribution in [-0.4, -0.2) is 22.8 Å². The second-order valence-corrected chi connectivity index (χ2v) is 9.28. The first-order valence-electron chi connectivity index (χ1n) is 9.83. The summed E-state index contributed by atoms with van der Waals surface area (Å²) < 4.78 is 0. The Bertz CT molecular complexity index is 1010. The van der Waals surface area contributed by atoms with E-state index in [2.05, 4.69) is 15.6 Å². The Balaban J connectivity index is 1.41. The molecule has 5 nitrogen and oxygen atoms in total. The zero-order valence-corrected chi connectivity index (χ0v) is 17.9. The maximum atomic E-state index is 12.6. The van der Waals surface area contributed by atoms with Gasteiger partial charge in [-0.1, -0.05) is 25.3 Å². The van der Waals surface area contributed by atoms with Crippen LogP contribution in [0.4, 0.5) is 5.69 Å². The Morgan fingerprint density at radius 1 is 1.10 bits per heavy atom. The lowest BCUT2D eigenvalue weighted by atomic mass is 9.95. The summed E-state index contributed by atoms with van der Waals surface area (Å²) in [6, 6.07) is 9.63. The number of hydrogen-bond acceptors (Lipinski definition) is 5. The number of hydrogen-bond donors (Lipinski definition) is 2. The van der Waals surface area contributed by atoms with E-state index in [4.69, 9.17) is 0 Å². The van der Waals surface area contributed by atoms with Crippen molar-refractivity contribution in [3.8, 4) is 9.88 Å². The van der Waals surface area contributed by atoms with E-state index >= 15 is 0 Å². The molecule has 0 spiro atoms. The standard InChI is InChI=1S/C22H23N3O2S2/c1-14-12-15(20(26)24-16-6-3-2-4-7-16)9-10-17(14)25-21(27)19-13-23-22(29-19)18-8-5-11-28-18/h5,8-13,16H,2-4,6-7H2,1H3,(H,24,26)(H,25,27). The smallest absolute Gasteiger partial charge is 0.267 e. The lowest BCUT2D eigenvalue weighted by Crippen LogP contribution is -2.36. The van der Waals surface area contributed by atoms with Crippen LogP contribution in [0, 0.1) is 6.92 Å². The molecule has 0 saturated heterocycles. The first-order chi connectivity index (χ1) is 14.1. The fourth-order valence-corrected chi connectivity index (χ4v) is 5.15. The van der Waals surface area contributed by atoms with E-state index in [1.807, 2.05) is 30.5 Å². The number of thiazole rings is 1. The fourth-order valence-electron chi connectivity index (χ4n) is 3.54. The first-order valence-corrected chi connectivity index (χ1v) is 11.5. The number of thiophene rings is 1. The van der Waals surface area contributed by atoms with Gasteiger partial charge in [0.2, 0.25) is 0 Å². The Morgan fingerprint density at radius 2 is 1.93 bits per heavy atom. The van der Waals surface area contributed by atoms with Crippen LogP contribution in [0.1, 0.15) is 57.7 Å². The van der Waals surface area contributed by atoms with Gasteiger partial charge in [-0.05, 0) is 55.0 Å². The van der Waals surface area contributed by atoms with E-state index in [9.17, 15) is 9.59 Å². The predicted molar refractivity (Wildman–Crippen MR) is 119 cm³/mol. The van der Waals surface area contributed by atoms with E-state index < -0.39 is 0 Å². The molecule has 0 bridgehead atoms. The number of carbonyl (C=O) groups is 2. The molecule has 0 radical (unpaired) electrons. The number of amides is 2. The molecule has 7 heteroatoms. The minimum atomic E-state index is -0.187. The summed E-state index contributed by atoms with van der Waals surface area (Å²) in [7, 11) is 0. The van der Waals surface area contributed by atoms with Crippen LogP contribution in [0.3, 0.4) is 0 Å². The van der Waals surface area contributed by atoms with Gasteiger partial charge in [0.25, 0.3) is 11.8 Å². The van der Waals surface area contributed by atoms with E-state index in [1.165, 1.54) is 30.6 Å². The average molecular weight is 426 g/mol.